The zero-order valence-corrected chi connectivity index (χ0v) is 16.1. The van der Waals surface area contributed by atoms with Crippen molar-refractivity contribution in [1.29, 1.82) is 0 Å². The summed E-state index contributed by atoms with van der Waals surface area (Å²) in [5.41, 5.74) is -0.0458. The molecule has 0 aromatic carbocycles. The van der Waals surface area contributed by atoms with Crippen molar-refractivity contribution in [3.63, 3.8) is 0 Å². The Morgan fingerprint density at radius 1 is 1.17 bits per heavy atom. The normalized spacial score (nSPS) is 26.0. The quantitative estimate of drug-likeness (QED) is 0.837. The summed E-state index contributed by atoms with van der Waals surface area (Å²) < 4.78 is 0. The Kier molecular flexibility index (Phi) is 6.29. The second kappa shape index (κ2) is 7.85. The lowest BCUT2D eigenvalue weighted by Crippen LogP contribution is -2.56. The van der Waals surface area contributed by atoms with Crippen molar-refractivity contribution in [2.24, 2.45) is 11.8 Å². The molecule has 2 fully saturated rings. The van der Waals surface area contributed by atoms with Crippen molar-refractivity contribution >= 4 is 11.8 Å². The van der Waals surface area contributed by atoms with Gasteiger partial charge < -0.3 is 10.2 Å². The van der Waals surface area contributed by atoms with E-state index < -0.39 is 0 Å². The molecule has 138 valence electrons. The summed E-state index contributed by atoms with van der Waals surface area (Å²) in [7, 11) is 0. The highest BCUT2D eigenvalue weighted by Crippen LogP contribution is 2.24. The van der Waals surface area contributed by atoms with Crippen LogP contribution < -0.4 is 5.32 Å². The number of hydrogen-bond donors (Lipinski definition) is 1. The highest BCUT2D eigenvalue weighted by molar-refractivity contribution is 5.88. The molecule has 5 nitrogen and oxygen atoms in total. The predicted molar refractivity (Wildman–Crippen MR) is 96.6 cm³/mol. The summed E-state index contributed by atoms with van der Waals surface area (Å²) in [5, 5.41) is 3.13. The van der Waals surface area contributed by atoms with Gasteiger partial charge in [-0.1, -0.05) is 20.8 Å². The van der Waals surface area contributed by atoms with Crippen molar-refractivity contribution in [1.82, 2.24) is 15.1 Å². The van der Waals surface area contributed by atoms with Gasteiger partial charge in [-0.2, -0.15) is 0 Å². The first kappa shape index (κ1) is 19.2. The number of nitrogens with zero attached hydrogens (tertiary/aromatic N) is 2. The zero-order chi connectivity index (χ0) is 17.9. The number of rotatable bonds is 5. The van der Waals surface area contributed by atoms with E-state index in [-0.39, 0.29) is 29.3 Å². The van der Waals surface area contributed by atoms with Crippen molar-refractivity contribution in [3.8, 4) is 0 Å². The van der Waals surface area contributed by atoms with E-state index in [2.05, 4.69) is 31.0 Å². The molecule has 2 aliphatic heterocycles. The van der Waals surface area contributed by atoms with Crippen LogP contribution in [0.5, 0.6) is 0 Å². The molecule has 2 amide bonds. The number of piperidine rings is 1. The van der Waals surface area contributed by atoms with E-state index in [4.69, 9.17) is 0 Å². The van der Waals surface area contributed by atoms with E-state index in [1.165, 1.54) is 12.8 Å². The summed E-state index contributed by atoms with van der Waals surface area (Å²) in [5.74, 6) is 0.781. The highest BCUT2D eigenvalue weighted by Gasteiger charge is 2.36. The third-order valence-corrected chi connectivity index (χ3v) is 5.54. The van der Waals surface area contributed by atoms with Gasteiger partial charge in [-0.05, 0) is 52.0 Å². The lowest BCUT2D eigenvalue weighted by molar-refractivity contribution is -0.141. The maximum atomic E-state index is 12.7. The van der Waals surface area contributed by atoms with Crippen LogP contribution in [0.3, 0.4) is 0 Å². The standard InChI is InChI=1S/C19H35N3O2/c1-14(2)18(24)22-11-7-9-16(22)17(23)20-13-19(4,5)21-10-6-8-15(3)12-21/h14-16H,6-13H2,1-5H3,(H,20,23). The van der Waals surface area contributed by atoms with Gasteiger partial charge in [0.15, 0.2) is 0 Å². The van der Waals surface area contributed by atoms with Crippen molar-refractivity contribution in [2.45, 2.75) is 71.9 Å². The van der Waals surface area contributed by atoms with Crippen molar-refractivity contribution in [3.05, 3.63) is 0 Å². The number of nitrogens with one attached hydrogen (secondary N) is 1. The Morgan fingerprint density at radius 3 is 2.46 bits per heavy atom. The van der Waals surface area contributed by atoms with Gasteiger partial charge in [-0.15, -0.1) is 0 Å². The molecule has 0 radical (unpaired) electrons. The van der Waals surface area contributed by atoms with Crippen LogP contribution in [-0.2, 0) is 9.59 Å². The minimum atomic E-state index is -0.282. The van der Waals surface area contributed by atoms with Gasteiger partial charge in [0.2, 0.25) is 11.8 Å². The first-order chi connectivity index (χ1) is 11.2. The lowest BCUT2D eigenvalue weighted by Gasteiger charge is -2.43. The Bertz CT molecular complexity index is 462. The number of amides is 2. The Hall–Kier alpha value is -1.10. The highest BCUT2D eigenvalue weighted by atomic mass is 16.2. The van der Waals surface area contributed by atoms with Gasteiger partial charge in [-0.25, -0.2) is 0 Å². The number of hydrogen-bond acceptors (Lipinski definition) is 3. The molecule has 2 saturated heterocycles. The monoisotopic (exact) mass is 337 g/mol. The fraction of sp³-hybridized carbons (Fsp3) is 0.895. The van der Waals surface area contributed by atoms with Gasteiger partial charge in [0.1, 0.15) is 6.04 Å². The molecule has 24 heavy (non-hydrogen) atoms. The number of carbonyl (C=O) groups excluding carboxylic acids is 2. The van der Waals surface area contributed by atoms with E-state index >= 15 is 0 Å². The molecule has 2 unspecified atom stereocenters. The summed E-state index contributed by atoms with van der Waals surface area (Å²) in [6.45, 7) is 14.1. The van der Waals surface area contributed by atoms with Crippen molar-refractivity contribution < 1.29 is 9.59 Å². The molecular formula is C19H35N3O2. The Morgan fingerprint density at radius 2 is 1.83 bits per heavy atom. The van der Waals surface area contributed by atoms with Crippen LogP contribution in [-0.4, -0.2) is 59.4 Å². The SMILES string of the molecule is CC1CCCN(C(C)(C)CNC(=O)C2CCCN2C(=O)C(C)C)C1. The first-order valence-corrected chi connectivity index (χ1v) is 9.55. The fourth-order valence-electron chi connectivity index (χ4n) is 3.91. The molecular weight excluding hydrogens is 302 g/mol. The second-order valence-corrected chi connectivity index (χ2v) is 8.57. The summed E-state index contributed by atoms with van der Waals surface area (Å²) in [6, 6.07) is -0.282. The van der Waals surface area contributed by atoms with Crippen LogP contribution >= 0.6 is 0 Å². The van der Waals surface area contributed by atoms with Gasteiger partial charge in [0.25, 0.3) is 0 Å². The van der Waals surface area contributed by atoms with Gasteiger partial charge in [-0.3, -0.25) is 14.5 Å². The summed E-state index contributed by atoms with van der Waals surface area (Å²) in [4.78, 5) is 29.2. The molecule has 0 aliphatic carbocycles. The van der Waals surface area contributed by atoms with E-state index in [1.807, 2.05) is 13.8 Å². The molecule has 2 heterocycles. The molecule has 0 bridgehead atoms. The number of likely N-dealkylation sites (tertiary alicyclic amines) is 2. The maximum absolute atomic E-state index is 12.7. The van der Waals surface area contributed by atoms with Crippen LogP contribution in [0, 0.1) is 11.8 Å². The molecule has 5 heteroatoms. The topological polar surface area (TPSA) is 52.7 Å². The van der Waals surface area contributed by atoms with E-state index in [9.17, 15) is 9.59 Å². The molecule has 2 rings (SSSR count). The molecule has 2 aliphatic rings. The van der Waals surface area contributed by atoms with E-state index in [0.717, 1.165) is 31.8 Å². The molecule has 0 aromatic rings. The van der Waals surface area contributed by atoms with Crippen molar-refractivity contribution in [2.75, 3.05) is 26.2 Å². The Balaban J connectivity index is 1.90. The van der Waals surface area contributed by atoms with Gasteiger partial charge >= 0.3 is 0 Å². The van der Waals surface area contributed by atoms with Gasteiger partial charge in [0.05, 0.1) is 0 Å². The molecule has 0 aromatic heterocycles. The number of carbonyl (C=O) groups is 2. The third kappa shape index (κ3) is 4.50. The Labute approximate surface area is 147 Å². The lowest BCUT2D eigenvalue weighted by atomic mass is 9.93. The van der Waals surface area contributed by atoms with Crippen LogP contribution in [0.15, 0.2) is 0 Å². The maximum Gasteiger partial charge on any atom is 0.242 e. The smallest absolute Gasteiger partial charge is 0.242 e. The minimum Gasteiger partial charge on any atom is -0.352 e. The van der Waals surface area contributed by atoms with E-state index in [1.54, 1.807) is 4.90 Å². The van der Waals surface area contributed by atoms with Crippen LogP contribution in [0.25, 0.3) is 0 Å². The molecule has 0 saturated carbocycles. The van der Waals surface area contributed by atoms with Gasteiger partial charge in [0, 0.05) is 31.1 Å². The second-order valence-electron chi connectivity index (χ2n) is 8.57. The minimum absolute atomic E-state index is 0.0135. The average Bonchev–Trinajstić information content (AvgIpc) is 3.01. The molecule has 0 spiro atoms. The third-order valence-electron chi connectivity index (χ3n) is 5.54. The predicted octanol–water partition coefficient (Wildman–Crippen LogP) is 2.26. The summed E-state index contributed by atoms with van der Waals surface area (Å²) in [6.07, 6.45) is 4.24. The molecule has 1 N–H and O–H groups in total. The zero-order valence-electron chi connectivity index (χ0n) is 16.1. The van der Waals surface area contributed by atoms with Crippen LogP contribution in [0.2, 0.25) is 0 Å². The summed E-state index contributed by atoms with van der Waals surface area (Å²) >= 11 is 0. The average molecular weight is 338 g/mol. The molecule has 2 atom stereocenters. The van der Waals surface area contributed by atoms with Crippen LogP contribution in [0.1, 0.15) is 60.3 Å². The van der Waals surface area contributed by atoms with Crippen LogP contribution in [0.4, 0.5) is 0 Å². The fourth-order valence-corrected chi connectivity index (χ4v) is 3.91. The first-order valence-electron chi connectivity index (χ1n) is 9.55. The largest absolute Gasteiger partial charge is 0.352 e. The van der Waals surface area contributed by atoms with E-state index in [0.29, 0.717) is 13.1 Å².